The average Bonchev–Trinajstić information content (AvgIpc) is 3.33. The predicted octanol–water partition coefficient (Wildman–Crippen LogP) is 12.2. The fourth-order valence-corrected chi connectivity index (χ4v) is 7.21. The number of hydrogen-bond donors (Lipinski definition) is 0. The summed E-state index contributed by atoms with van der Waals surface area (Å²) in [5.41, 5.74) is 16.1. The van der Waals surface area contributed by atoms with E-state index in [1.165, 1.54) is 66.8 Å². The summed E-state index contributed by atoms with van der Waals surface area (Å²) in [6.07, 6.45) is 7.63. The van der Waals surface area contributed by atoms with Crippen LogP contribution in [0.25, 0.3) is 33.4 Å². The van der Waals surface area contributed by atoms with Crippen molar-refractivity contribution < 1.29 is 0 Å². The van der Waals surface area contributed by atoms with Gasteiger partial charge in [-0.1, -0.05) is 129 Å². The second kappa shape index (κ2) is 12.2. The molecule has 2 atom stereocenters. The molecule has 0 saturated carbocycles. The quantitative estimate of drug-likeness (QED) is 0.118. The maximum Gasteiger partial charge on any atom is 0.0466 e. The molecule has 43 heavy (non-hydrogen) atoms. The Labute approximate surface area is 259 Å². The molecule has 0 heterocycles. The average molecular weight is 561 g/mol. The van der Waals surface area contributed by atoms with Gasteiger partial charge in [0.15, 0.2) is 0 Å². The molecular formula is C43H44. The van der Waals surface area contributed by atoms with Crippen molar-refractivity contribution in [1.29, 1.82) is 0 Å². The zero-order valence-electron chi connectivity index (χ0n) is 26.3. The maximum atomic E-state index is 4.02. The van der Waals surface area contributed by atoms with Gasteiger partial charge in [-0.3, -0.25) is 0 Å². The van der Waals surface area contributed by atoms with Crippen LogP contribution in [-0.4, -0.2) is 0 Å². The van der Waals surface area contributed by atoms with Crippen LogP contribution in [-0.2, 0) is 5.41 Å². The van der Waals surface area contributed by atoms with Crippen molar-refractivity contribution in [2.45, 2.75) is 71.1 Å². The van der Waals surface area contributed by atoms with E-state index in [2.05, 4.69) is 150 Å². The van der Waals surface area contributed by atoms with Crippen LogP contribution in [0.4, 0.5) is 0 Å². The van der Waals surface area contributed by atoms with E-state index in [0.29, 0.717) is 5.92 Å². The minimum Gasteiger partial charge on any atom is -0.103 e. The molecule has 0 heteroatoms. The summed E-state index contributed by atoms with van der Waals surface area (Å²) in [6.45, 7) is 13.1. The molecule has 1 aliphatic rings. The van der Waals surface area contributed by atoms with E-state index in [0.717, 1.165) is 32.1 Å². The first kappa shape index (κ1) is 28.9. The highest BCUT2D eigenvalue weighted by Crippen LogP contribution is 2.57. The summed E-state index contributed by atoms with van der Waals surface area (Å²) in [5.74, 6) is 0.579. The Morgan fingerprint density at radius 1 is 0.651 bits per heavy atom. The van der Waals surface area contributed by atoms with E-state index >= 15 is 0 Å². The molecule has 5 aromatic rings. The predicted molar refractivity (Wildman–Crippen MR) is 186 cm³/mol. The second-order valence-corrected chi connectivity index (χ2v) is 12.6. The zero-order valence-corrected chi connectivity index (χ0v) is 26.3. The maximum absolute atomic E-state index is 4.02. The van der Waals surface area contributed by atoms with Crippen LogP contribution >= 0.6 is 0 Å². The van der Waals surface area contributed by atoms with E-state index in [4.69, 9.17) is 0 Å². The Balaban J connectivity index is 1.59. The van der Waals surface area contributed by atoms with Gasteiger partial charge in [-0.2, -0.15) is 0 Å². The lowest BCUT2D eigenvalue weighted by Gasteiger charge is -2.35. The molecule has 1 aliphatic carbocycles. The monoisotopic (exact) mass is 560 g/mol. The number of benzene rings is 5. The SMILES string of the molecule is C=CCCCCC1(c2cc(C)ccc2C)c2cc(-c3ccccc3)ccc2-c2ccc(-c3ccc(C(C)CC)cc3)cc21. The van der Waals surface area contributed by atoms with Gasteiger partial charge in [0.05, 0.1) is 0 Å². The number of fused-ring (bicyclic) bond motifs is 3. The van der Waals surface area contributed by atoms with Crippen molar-refractivity contribution in [1.82, 2.24) is 0 Å². The largest absolute Gasteiger partial charge is 0.103 e. The van der Waals surface area contributed by atoms with Gasteiger partial charge in [-0.05, 0) is 119 Å². The molecule has 0 amide bonds. The number of allylic oxidation sites excluding steroid dienone is 1. The van der Waals surface area contributed by atoms with Gasteiger partial charge >= 0.3 is 0 Å². The molecule has 6 rings (SSSR count). The summed E-state index contributed by atoms with van der Waals surface area (Å²) in [5, 5.41) is 0. The molecule has 0 saturated heterocycles. The first-order chi connectivity index (χ1) is 21.0. The third-order valence-electron chi connectivity index (χ3n) is 9.84. The first-order valence-electron chi connectivity index (χ1n) is 16.1. The van der Waals surface area contributed by atoms with Crippen molar-refractivity contribution in [2.24, 2.45) is 0 Å². The minimum absolute atomic E-state index is 0.223. The number of aryl methyl sites for hydroxylation is 2. The van der Waals surface area contributed by atoms with Crippen molar-refractivity contribution in [3.63, 3.8) is 0 Å². The van der Waals surface area contributed by atoms with Gasteiger partial charge < -0.3 is 0 Å². The van der Waals surface area contributed by atoms with Gasteiger partial charge in [-0.15, -0.1) is 6.58 Å². The molecule has 0 fully saturated rings. The third-order valence-corrected chi connectivity index (χ3v) is 9.84. The molecule has 216 valence electrons. The molecule has 0 nitrogen and oxygen atoms in total. The number of hydrogen-bond acceptors (Lipinski definition) is 0. The molecule has 0 bridgehead atoms. The Hall–Kier alpha value is -4.16. The third kappa shape index (κ3) is 5.29. The van der Waals surface area contributed by atoms with Gasteiger partial charge in [0.25, 0.3) is 0 Å². The van der Waals surface area contributed by atoms with Crippen LogP contribution in [0.15, 0.2) is 122 Å². The van der Waals surface area contributed by atoms with Crippen molar-refractivity contribution in [2.75, 3.05) is 0 Å². The fraction of sp³-hybridized carbons (Fsp3) is 0.256. The van der Waals surface area contributed by atoms with Crippen molar-refractivity contribution >= 4 is 0 Å². The van der Waals surface area contributed by atoms with Crippen LogP contribution in [0.2, 0.25) is 0 Å². The molecule has 0 aromatic heterocycles. The lowest BCUT2D eigenvalue weighted by Crippen LogP contribution is -2.28. The number of unbranched alkanes of at least 4 members (excludes halogenated alkanes) is 2. The first-order valence-corrected chi connectivity index (χ1v) is 16.1. The van der Waals surface area contributed by atoms with Crippen molar-refractivity contribution in [3.8, 4) is 33.4 Å². The molecule has 2 unspecified atom stereocenters. The molecule has 0 radical (unpaired) electrons. The summed E-state index contributed by atoms with van der Waals surface area (Å²) in [4.78, 5) is 0. The van der Waals surface area contributed by atoms with E-state index in [1.807, 2.05) is 0 Å². The van der Waals surface area contributed by atoms with E-state index in [1.54, 1.807) is 0 Å². The highest BCUT2D eigenvalue weighted by Gasteiger charge is 2.45. The Bertz CT molecular complexity index is 1740. The molecule has 0 N–H and O–H groups in total. The Morgan fingerprint density at radius 3 is 1.86 bits per heavy atom. The van der Waals surface area contributed by atoms with E-state index < -0.39 is 0 Å². The van der Waals surface area contributed by atoms with Gasteiger partial charge in [0.2, 0.25) is 0 Å². The summed E-state index contributed by atoms with van der Waals surface area (Å²) in [7, 11) is 0. The molecular weight excluding hydrogens is 516 g/mol. The lowest BCUT2D eigenvalue weighted by molar-refractivity contribution is 0.527. The second-order valence-electron chi connectivity index (χ2n) is 12.6. The lowest BCUT2D eigenvalue weighted by atomic mass is 9.67. The van der Waals surface area contributed by atoms with Crippen molar-refractivity contribution in [3.05, 3.63) is 155 Å². The Kier molecular flexibility index (Phi) is 8.22. The van der Waals surface area contributed by atoms with Gasteiger partial charge in [0.1, 0.15) is 0 Å². The molecule has 5 aromatic carbocycles. The normalized spacial score (nSPS) is 16.0. The number of rotatable bonds is 10. The Morgan fingerprint density at radius 2 is 1.26 bits per heavy atom. The van der Waals surface area contributed by atoms with Crippen LogP contribution < -0.4 is 0 Å². The highest BCUT2D eigenvalue weighted by molar-refractivity contribution is 5.88. The molecule has 0 aliphatic heterocycles. The summed E-state index contributed by atoms with van der Waals surface area (Å²) >= 11 is 0. The smallest absolute Gasteiger partial charge is 0.0466 e. The molecule has 0 spiro atoms. The standard InChI is InChI=1S/C43H44/c1-6-8-9-13-26-43(40-27-30(3)16-17-32(40)5)41-28-36(34-14-11-10-12-15-34)22-24-38(41)39-25-23-37(29-42(39)43)35-20-18-33(19-21-35)31(4)7-2/h6,10-12,14-25,27-29,31H,1,7-9,13,26H2,2-5H3. The van der Waals surface area contributed by atoms with Crippen LogP contribution in [0, 0.1) is 13.8 Å². The van der Waals surface area contributed by atoms with E-state index in [-0.39, 0.29) is 5.41 Å². The highest BCUT2D eigenvalue weighted by atomic mass is 14.5. The zero-order chi connectivity index (χ0) is 30.0. The van der Waals surface area contributed by atoms with Crippen LogP contribution in [0.5, 0.6) is 0 Å². The topological polar surface area (TPSA) is 0 Å². The summed E-state index contributed by atoms with van der Waals surface area (Å²) < 4.78 is 0. The van der Waals surface area contributed by atoms with E-state index in [9.17, 15) is 0 Å². The fourth-order valence-electron chi connectivity index (χ4n) is 7.21. The van der Waals surface area contributed by atoms with Crippen LogP contribution in [0.3, 0.4) is 0 Å². The van der Waals surface area contributed by atoms with Gasteiger partial charge in [-0.25, -0.2) is 0 Å². The summed E-state index contributed by atoms with van der Waals surface area (Å²) in [6, 6.07) is 41.6. The van der Waals surface area contributed by atoms with Gasteiger partial charge in [0, 0.05) is 5.41 Å². The minimum atomic E-state index is -0.223. The van der Waals surface area contributed by atoms with Crippen LogP contribution in [0.1, 0.15) is 85.3 Å².